The lowest BCUT2D eigenvalue weighted by Gasteiger charge is -2.34. The fourth-order valence-electron chi connectivity index (χ4n) is 3.60. The normalized spacial score (nSPS) is 25.2. The van der Waals surface area contributed by atoms with Gasteiger partial charge in [-0.05, 0) is 51.2 Å². The van der Waals surface area contributed by atoms with Gasteiger partial charge in [0, 0.05) is 31.1 Å². The highest BCUT2D eigenvalue weighted by atomic mass is 32.2. The molecular formula is C17H26N4OS. The van der Waals surface area contributed by atoms with Crippen LogP contribution in [0.5, 0.6) is 0 Å². The van der Waals surface area contributed by atoms with E-state index in [4.69, 9.17) is 0 Å². The van der Waals surface area contributed by atoms with Crippen molar-refractivity contribution in [3.63, 3.8) is 0 Å². The average molecular weight is 334 g/mol. The number of nitrogens with zero attached hydrogens (tertiary/aromatic N) is 3. The molecule has 1 aromatic heterocycles. The highest BCUT2D eigenvalue weighted by Crippen LogP contribution is 2.29. The van der Waals surface area contributed by atoms with E-state index in [-0.39, 0.29) is 5.92 Å². The maximum atomic E-state index is 12.6. The van der Waals surface area contributed by atoms with E-state index in [0.717, 1.165) is 49.6 Å². The summed E-state index contributed by atoms with van der Waals surface area (Å²) in [6.45, 7) is 1.94. The third-order valence-electron chi connectivity index (χ3n) is 4.95. The first-order chi connectivity index (χ1) is 11.3. The Kier molecular flexibility index (Phi) is 5.75. The summed E-state index contributed by atoms with van der Waals surface area (Å²) in [5.41, 5.74) is 0. The van der Waals surface area contributed by atoms with E-state index in [1.807, 2.05) is 12.3 Å². The second-order valence-corrected chi connectivity index (χ2v) is 7.35. The summed E-state index contributed by atoms with van der Waals surface area (Å²) in [5, 5.41) is 4.49. The van der Waals surface area contributed by atoms with Crippen LogP contribution < -0.4 is 5.32 Å². The topological polar surface area (TPSA) is 58.1 Å². The molecule has 1 N–H and O–H groups in total. The molecule has 0 spiro atoms. The van der Waals surface area contributed by atoms with Crippen molar-refractivity contribution in [1.29, 1.82) is 0 Å². The van der Waals surface area contributed by atoms with Crippen molar-refractivity contribution in [2.45, 2.75) is 56.0 Å². The standard InChI is InChI=1S/C17H26N4OS/c1-23-16-11-15(18-12-19-16)20-14-7-5-13(6-8-14)17(22)21-9-3-2-4-10-21/h11-14H,2-10H2,1H3,(H,18,19,20)/t13-,14-. The van der Waals surface area contributed by atoms with Crippen molar-refractivity contribution in [2.24, 2.45) is 5.92 Å². The van der Waals surface area contributed by atoms with Gasteiger partial charge in [0.1, 0.15) is 17.2 Å². The van der Waals surface area contributed by atoms with Crippen LogP contribution in [0, 0.1) is 5.92 Å². The van der Waals surface area contributed by atoms with Crippen molar-refractivity contribution in [3.8, 4) is 0 Å². The molecule has 0 aromatic carbocycles. The molecule has 1 aliphatic heterocycles. The molecule has 0 bridgehead atoms. The summed E-state index contributed by atoms with van der Waals surface area (Å²) in [5.74, 6) is 1.53. The molecule has 1 saturated heterocycles. The van der Waals surface area contributed by atoms with E-state index < -0.39 is 0 Å². The maximum Gasteiger partial charge on any atom is 0.225 e. The Labute approximate surface area is 142 Å². The van der Waals surface area contributed by atoms with Crippen molar-refractivity contribution in [1.82, 2.24) is 14.9 Å². The van der Waals surface area contributed by atoms with Gasteiger partial charge in [-0.25, -0.2) is 9.97 Å². The number of thioether (sulfide) groups is 1. The molecule has 1 amide bonds. The average Bonchev–Trinajstić information content (AvgIpc) is 2.63. The fourth-order valence-corrected chi connectivity index (χ4v) is 3.98. The van der Waals surface area contributed by atoms with Crippen LogP contribution in [0.3, 0.4) is 0 Å². The summed E-state index contributed by atoms with van der Waals surface area (Å²) in [6, 6.07) is 2.42. The number of aromatic nitrogens is 2. The number of rotatable bonds is 4. The molecule has 1 saturated carbocycles. The van der Waals surface area contributed by atoms with E-state index in [2.05, 4.69) is 20.2 Å². The Bertz CT molecular complexity index is 525. The monoisotopic (exact) mass is 334 g/mol. The highest BCUT2D eigenvalue weighted by Gasteiger charge is 2.30. The smallest absolute Gasteiger partial charge is 0.225 e. The van der Waals surface area contributed by atoms with Gasteiger partial charge in [0.05, 0.1) is 0 Å². The molecular weight excluding hydrogens is 308 g/mol. The van der Waals surface area contributed by atoms with Crippen LogP contribution in [0.4, 0.5) is 5.82 Å². The number of piperidine rings is 1. The minimum absolute atomic E-state index is 0.235. The molecule has 2 fully saturated rings. The Hall–Kier alpha value is -1.30. The SMILES string of the molecule is CSc1cc(N[C@H]2CC[C@H](C(=O)N3CCCCC3)CC2)ncn1. The van der Waals surface area contributed by atoms with Crippen LogP contribution in [-0.2, 0) is 4.79 Å². The van der Waals surface area contributed by atoms with Crippen LogP contribution in [-0.4, -0.2) is 46.2 Å². The Balaban J connectivity index is 1.48. The quantitative estimate of drug-likeness (QED) is 0.677. The summed E-state index contributed by atoms with van der Waals surface area (Å²) in [4.78, 5) is 23.2. The molecule has 0 unspecified atom stereocenters. The van der Waals surface area contributed by atoms with Crippen LogP contribution in [0.25, 0.3) is 0 Å². The van der Waals surface area contributed by atoms with Crippen molar-refractivity contribution in [2.75, 3.05) is 24.7 Å². The Morgan fingerprint density at radius 3 is 2.61 bits per heavy atom. The number of hydrogen-bond donors (Lipinski definition) is 1. The van der Waals surface area contributed by atoms with E-state index >= 15 is 0 Å². The van der Waals surface area contributed by atoms with E-state index in [0.29, 0.717) is 11.9 Å². The fraction of sp³-hybridized carbons (Fsp3) is 0.706. The molecule has 5 nitrogen and oxygen atoms in total. The van der Waals surface area contributed by atoms with Crippen LogP contribution in [0.2, 0.25) is 0 Å². The summed E-state index contributed by atoms with van der Waals surface area (Å²) >= 11 is 1.62. The number of anilines is 1. The van der Waals surface area contributed by atoms with Gasteiger partial charge in [-0.1, -0.05) is 0 Å². The molecule has 23 heavy (non-hydrogen) atoms. The lowest BCUT2D eigenvalue weighted by molar-refractivity contribution is -0.137. The predicted molar refractivity (Wildman–Crippen MR) is 93.6 cm³/mol. The van der Waals surface area contributed by atoms with Crippen molar-refractivity contribution >= 4 is 23.5 Å². The number of hydrogen-bond acceptors (Lipinski definition) is 5. The molecule has 2 heterocycles. The first kappa shape index (κ1) is 16.6. The van der Waals surface area contributed by atoms with Crippen LogP contribution in [0.15, 0.2) is 17.4 Å². The van der Waals surface area contributed by atoms with Crippen molar-refractivity contribution < 1.29 is 4.79 Å². The largest absolute Gasteiger partial charge is 0.367 e. The van der Waals surface area contributed by atoms with E-state index in [1.54, 1.807) is 18.1 Å². The number of nitrogens with one attached hydrogen (secondary N) is 1. The summed E-state index contributed by atoms with van der Waals surface area (Å²) < 4.78 is 0. The van der Waals surface area contributed by atoms with Crippen LogP contribution >= 0.6 is 11.8 Å². The number of carbonyl (C=O) groups is 1. The molecule has 3 rings (SSSR count). The van der Waals surface area contributed by atoms with Gasteiger partial charge in [0.2, 0.25) is 5.91 Å². The Morgan fingerprint density at radius 1 is 1.17 bits per heavy atom. The maximum absolute atomic E-state index is 12.6. The van der Waals surface area contributed by atoms with E-state index in [9.17, 15) is 4.79 Å². The first-order valence-electron chi connectivity index (χ1n) is 8.67. The molecule has 1 aliphatic carbocycles. The zero-order chi connectivity index (χ0) is 16.1. The second kappa shape index (κ2) is 7.99. The molecule has 0 radical (unpaired) electrons. The molecule has 0 atom stereocenters. The van der Waals surface area contributed by atoms with E-state index in [1.165, 1.54) is 19.3 Å². The highest BCUT2D eigenvalue weighted by molar-refractivity contribution is 7.98. The Morgan fingerprint density at radius 2 is 1.91 bits per heavy atom. The van der Waals surface area contributed by atoms with Gasteiger partial charge in [0.25, 0.3) is 0 Å². The van der Waals surface area contributed by atoms with Gasteiger partial charge in [0.15, 0.2) is 0 Å². The summed E-state index contributed by atoms with van der Waals surface area (Å²) in [7, 11) is 0. The third-order valence-corrected chi connectivity index (χ3v) is 5.59. The van der Waals surface area contributed by atoms with Gasteiger partial charge in [-0.3, -0.25) is 4.79 Å². The van der Waals surface area contributed by atoms with Gasteiger partial charge >= 0.3 is 0 Å². The third kappa shape index (κ3) is 4.37. The predicted octanol–water partition coefficient (Wildman–Crippen LogP) is 3.18. The van der Waals surface area contributed by atoms with Gasteiger partial charge in [-0.2, -0.15) is 0 Å². The zero-order valence-corrected chi connectivity index (χ0v) is 14.6. The summed E-state index contributed by atoms with van der Waals surface area (Å²) in [6.07, 6.45) is 11.3. The zero-order valence-electron chi connectivity index (χ0n) is 13.8. The van der Waals surface area contributed by atoms with Gasteiger partial charge in [-0.15, -0.1) is 11.8 Å². The second-order valence-electron chi connectivity index (χ2n) is 6.52. The molecule has 126 valence electrons. The number of carbonyl (C=O) groups excluding carboxylic acids is 1. The van der Waals surface area contributed by atoms with Crippen molar-refractivity contribution in [3.05, 3.63) is 12.4 Å². The first-order valence-corrected chi connectivity index (χ1v) is 9.90. The lowest BCUT2D eigenvalue weighted by atomic mass is 9.85. The molecule has 2 aliphatic rings. The minimum Gasteiger partial charge on any atom is -0.367 e. The minimum atomic E-state index is 0.235. The number of likely N-dealkylation sites (tertiary alicyclic amines) is 1. The number of amides is 1. The van der Waals surface area contributed by atoms with Gasteiger partial charge < -0.3 is 10.2 Å². The lowest BCUT2D eigenvalue weighted by Crippen LogP contribution is -2.41. The van der Waals surface area contributed by atoms with Crippen LogP contribution in [0.1, 0.15) is 44.9 Å². The molecule has 1 aromatic rings. The molecule has 6 heteroatoms.